The Labute approximate surface area is 182 Å². The highest BCUT2D eigenvalue weighted by Gasteiger charge is 2.17. The molecule has 0 saturated carbocycles. The molecule has 5 rings (SSSR count). The van der Waals surface area contributed by atoms with Gasteiger partial charge in [-0.3, -0.25) is 9.59 Å². The van der Waals surface area contributed by atoms with Crippen LogP contribution >= 0.6 is 11.3 Å². The standard InChI is InChI=1S/C25H18N3O2S/c26-24(29)16-8-6-15(7-9-16)14-28-20-4-1-3-19(25(27)30)23(20)18-11-10-17(13-21(18)28)22-5-2-12-31-22/h1-10,12-13H,14H2,(H2,26,29)(H2,27,30). The summed E-state index contributed by atoms with van der Waals surface area (Å²) in [6, 6.07) is 24.4. The van der Waals surface area contributed by atoms with E-state index in [1.165, 1.54) is 0 Å². The molecule has 151 valence electrons. The normalized spacial score (nSPS) is 11.2. The zero-order valence-corrected chi connectivity index (χ0v) is 17.3. The molecular formula is C25H18N3O2S. The van der Waals surface area contributed by atoms with Crippen molar-refractivity contribution in [2.75, 3.05) is 0 Å². The Morgan fingerprint density at radius 2 is 1.74 bits per heavy atom. The number of rotatable bonds is 5. The molecule has 2 heterocycles. The first kappa shape index (κ1) is 19.1. The van der Waals surface area contributed by atoms with Crippen LogP contribution in [0.2, 0.25) is 0 Å². The maximum atomic E-state index is 12.1. The largest absolute Gasteiger partial charge is 0.366 e. The highest BCUT2D eigenvalue weighted by Crippen LogP contribution is 2.35. The SMILES string of the molecule is NC(=O)c1ccc(Cn2c3cc(-c4cccs4)c[c]c3c3c(C(N)=O)cccc32)cc1. The number of fused-ring (bicyclic) bond motifs is 3. The van der Waals surface area contributed by atoms with E-state index in [0.29, 0.717) is 17.7 Å². The van der Waals surface area contributed by atoms with Gasteiger partial charge < -0.3 is 16.0 Å². The topological polar surface area (TPSA) is 91.1 Å². The second kappa shape index (κ2) is 7.41. The Hall–Kier alpha value is -3.90. The smallest absolute Gasteiger partial charge is 0.249 e. The van der Waals surface area contributed by atoms with Crippen molar-refractivity contribution in [3.8, 4) is 10.4 Å². The first-order valence-electron chi connectivity index (χ1n) is 9.72. The van der Waals surface area contributed by atoms with Crippen LogP contribution in [0, 0.1) is 6.07 Å². The number of carbonyl (C=O) groups is 2. The molecule has 0 aliphatic rings. The third-order valence-electron chi connectivity index (χ3n) is 5.44. The molecule has 0 unspecified atom stereocenters. The molecule has 1 radical (unpaired) electrons. The minimum absolute atomic E-state index is 0.454. The molecule has 0 fully saturated rings. The van der Waals surface area contributed by atoms with Crippen LogP contribution in [-0.4, -0.2) is 16.4 Å². The third-order valence-corrected chi connectivity index (χ3v) is 6.36. The van der Waals surface area contributed by atoms with E-state index in [1.807, 2.05) is 41.8 Å². The first-order valence-corrected chi connectivity index (χ1v) is 10.6. The van der Waals surface area contributed by atoms with Crippen molar-refractivity contribution < 1.29 is 9.59 Å². The van der Waals surface area contributed by atoms with Gasteiger partial charge in [0.25, 0.3) is 0 Å². The lowest BCUT2D eigenvalue weighted by molar-refractivity contribution is 0.0992. The van der Waals surface area contributed by atoms with Crippen LogP contribution in [0.1, 0.15) is 26.3 Å². The van der Waals surface area contributed by atoms with Crippen LogP contribution < -0.4 is 11.5 Å². The Balaban J connectivity index is 1.75. The van der Waals surface area contributed by atoms with Crippen molar-refractivity contribution in [1.29, 1.82) is 0 Å². The highest BCUT2D eigenvalue weighted by atomic mass is 32.1. The Kier molecular flexibility index (Phi) is 4.56. The van der Waals surface area contributed by atoms with Gasteiger partial charge in [-0.05, 0) is 65.0 Å². The average Bonchev–Trinajstić information content (AvgIpc) is 3.41. The summed E-state index contributed by atoms with van der Waals surface area (Å²) in [6.45, 7) is 0.559. The predicted molar refractivity (Wildman–Crippen MR) is 124 cm³/mol. The van der Waals surface area contributed by atoms with Crippen molar-refractivity contribution in [2.45, 2.75) is 6.54 Å². The molecule has 31 heavy (non-hydrogen) atoms. The fourth-order valence-electron chi connectivity index (χ4n) is 3.97. The number of aromatic nitrogens is 1. The van der Waals surface area contributed by atoms with E-state index in [9.17, 15) is 9.59 Å². The van der Waals surface area contributed by atoms with E-state index in [2.05, 4.69) is 22.8 Å². The summed E-state index contributed by atoms with van der Waals surface area (Å²) in [6.07, 6.45) is 0. The lowest BCUT2D eigenvalue weighted by Gasteiger charge is -2.09. The summed E-state index contributed by atoms with van der Waals surface area (Å²) < 4.78 is 2.16. The number of primary amides is 2. The molecule has 4 N–H and O–H groups in total. The molecular weight excluding hydrogens is 406 g/mol. The van der Waals surface area contributed by atoms with Crippen molar-refractivity contribution in [1.82, 2.24) is 4.57 Å². The number of hydrogen-bond acceptors (Lipinski definition) is 3. The van der Waals surface area contributed by atoms with Crippen LogP contribution in [-0.2, 0) is 6.54 Å². The molecule has 0 aliphatic carbocycles. The number of nitrogens with zero attached hydrogens (tertiary/aromatic N) is 1. The van der Waals surface area contributed by atoms with Gasteiger partial charge in [-0.15, -0.1) is 11.3 Å². The fraction of sp³-hybridized carbons (Fsp3) is 0.0400. The molecule has 5 aromatic rings. The van der Waals surface area contributed by atoms with E-state index < -0.39 is 11.8 Å². The van der Waals surface area contributed by atoms with Crippen molar-refractivity contribution >= 4 is 45.0 Å². The number of carbonyl (C=O) groups excluding carboxylic acids is 2. The quantitative estimate of drug-likeness (QED) is 0.433. The Morgan fingerprint density at radius 3 is 2.42 bits per heavy atom. The van der Waals surface area contributed by atoms with Crippen molar-refractivity contribution in [2.24, 2.45) is 11.5 Å². The average molecular weight is 425 g/mol. The Morgan fingerprint density at radius 1 is 0.935 bits per heavy atom. The Bertz CT molecular complexity index is 1450. The number of amides is 2. The minimum Gasteiger partial charge on any atom is -0.366 e. The van der Waals surface area contributed by atoms with Gasteiger partial charge in [-0.2, -0.15) is 0 Å². The number of benzene rings is 3. The zero-order chi connectivity index (χ0) is 21.5. The summed E-state index contributed by atoms with van der Waals surface area (Å²) in [5.41, 5.74) is 15.9. The van der Waals surface area contributed by atoms with Crippen molar-refractivity contribution in [3.63, 3.8) is 0 Å². The number of thiophene rings is 1. The number of hydrogen-bond donors (Lipinski definition) is 2. The van der Waals surface area contributed by atoms with Gasteiger partial charge in [-0.25, -0.2) is 0 Å². The molecule has 3 aromatic carbocycles. The monoisotopic (exact) mass is 424 g/mol. The van der Waals surface area contributed by atoms with E-state index in [4.69, 9.17) is 11.5 Å². The predicted octanol–water partition coefficient (Wildman–Crippen LogP) is 4.57. The second-order valence-corrected chi connectivity index (χ2v) is 8.28. The zero-order valence-electron chi connectivity index (χ0n) is 16.5. The van der Waals surface area contributed by atoms with Crippen LogP contribution in [0.5, 0.6) is 0 Å². The van der Waals surface area contributed by atoms with Gasteiger partial charge in [0.15, 0.2) is 0 Å². The van der Waals surface area contributed by atoms with Crippen LogP contribution in [0.3, 0.4) is 0 Å². The summed E-state index contributed by atoms with van der Waals surface area (Å²) in [5, 5.41) is 3.70. The van der Waals surface area contributed by atoms with Gasteiger partial charge in [0.1, 0.15) is 0 Å². The van der Waals surface area contributed by atoms with Gasteiger partial charge >= 0.3 is 0 Å². The number of nitrogens with two attached hydrogens (primary N) is 2. The molecule has 6 heteroatoms. The van der Waals surface area contributed by atoms with Gasteiger partial charge in [0.05, 0.1) is 11.0 Å². The molecule has 0 aliphatic heterocycles. The fourth-order valence-corrected chi connectivity index (χ4v) is 4.69. The molecule has 5 nitrogen and oxygen atoms in total. The third kappa shape index (κ3) is 3.27. The van der Waals surface area contributed by atoms with E-state index >= 15 is 0 Å². The second-order valence-electron chi connectivity index (χ2n) is 7.34. The lowest BCUT2D eigenvalue weighted by Crippen LogP contribution is -2.11. The molecule has 0 atom stereocenters. The summed E-state index contributed by atoms with van der Waals surface area (Å²) >= 11 is 1.67. The van der Waals surface area contributed by atoms with Gasteiger partial charge in [-0.1, -0.05) is 24.3 Å². The first-order chi connectivity index (χ1) is 15.0. The summed E-state index contributed by atoms with van der Waals surface area (Å²) in [4.78, 5) is 24.7. The van der Waals surface area contributed by atoms with E-state index in [1.54, 1.807) is 29.5 Å². The molecule has 0 bridgehead atoms. The van der Waals surface area contributed by atoms with Crippen LogP contribution in [0.25, 0.3) is 32.2 Å². The lowest BCUT2D eigenvalue weighted by atomic mass is 10.0. The van der Waals surface area contributed by atoms with Gasteiger partial charge in [0, 0.05) is 33.3 Å². The highest BCUT2D eigenvalue weighted by molar-refractivity contribution is 7.13. The maximum Gasteiger partial charge on any atom is 0.249 e. The molecule has 0 spiro atoms. The van der Waals surface area contributed by atoms with Crippen LogP contribution in [0.4, 0.5) is 0 Å². The van der Waals surface area contributed by atoms with E-state index in [-0.39, 0.29) is 0 Å². The maximum absolute atomic E-state index is 12.1. The molecule has 2 amide bonds. The van der Waals surface area contributed by atoms with Crippen molar-refractivity contribution in [3.05, 3.63) is 94.9 Å². The van der Waals surface area contributed by atoms with Crippen LogP contribution in [0.15, 0.2) is 72.1 Å². The summed E-state index contributed by atoms with van der Waals surface area (Å²) in [7, 11) is 0. The van der Waals surface area contributed by atoms with Gasteiger partial charge in [0.2, 0.25) is 11.8 Å². The van der Waals surface area contributed by atoms with E-state index in [0.717, 1.165) is 37.8 Å². The molecule has 2 aromatic heterocycles. The molecule has 0 saturated heterocycles. The summed E-state index contributed by atoms with van der Waals surface area (Å²) in [5.74, 6) is -0.920. The minimum atomic E-state index is -0.466.